The molecule has 0 aliphatic carbocycles. The van der Waals surface area contributed by atoms with Crippen molar-refractivity contribution in [2.75, 3.05) is 11.5 Å². The van der Waals surface area contributed by atoms with Crippen molar-refractivity contribution < 1.29 is 40.6 Å². The summed E-state index contributed by atoms with van der Waals surface area (Å²) in [6.45, 7) is 5.23. The Labute approximate surface area is 118 Å². The Hall–Kier alpha value is -0.750. The monoisotopic (exact) mass is 336 g/mol. The Morgan fingerprint density at radius 3 is 1.60 bits per heavy atom. The number of hydrogen-bond donors (Lipinski definition) is 3. The number of aliphatic hydroxyl groups excluding tert-OH is 1. The third-order valence-electron chi connectivity index (χ3n) is 1.61. The average Bonchev–Trinajstić information content (AvgIpc) is 2.23. The molecule has 0 aromatic rings. The molecule has 0 spiro atoms. The third kappa shape index (κ3) is 17.2. The van der Waals surface area contributed by atoms with E-state index in [0.717, 1.165) is 0 Å². The van der Waals surface area contributed by atoms with Gasteiger partial charge in [-0.3, -0.25) is 9.11 Å². The van der Waals surface area contributed by atoms with E-state index in [1.165, 1.54) is 0 Å². The Morgan fingerprint density at radius 1 is 1.05 bits per heavy atom. The van der Waals surface area contributed by atoms with Gasteiger partial charge >= 0.3 is 5.97 Å². The smallest absolute Gasteiger partial charge is 0.335 e. The zero-order chi connectivity index (χ0) is 16.6. The van der Waals surface area contributed by atoms with Gasteiger partial charge in [0.1, 0.15) is 0 Å². The van der Waals surface area contributed by atoms with E-state index in [0.29, 0.717) is 6.42 Å². The lowest BCUT2D eigenvalue weighted by molar-refractivity contribution is -0.157. The minimum Gasteiger partial charge on any atom is -0.461 e. The zero-order valence-electron chi connectivity index (χ0n) is 11.4. The zero-order valence-corrected chi connectivity index (χ0v) is 13.0. The fraction of sp³-hybridized carbons (Fsp3) is 0.889. The summed E-state index contributed by atoms with van der Waals surface area (Å²) in [6.07, 6.45) is -0.693. The molecular formula is C9H20O9S2. The quantitative estimate of drug-likeness (QED) is 0.428. The van der Waals surface area contributed by atoms with Gasteiger partial charge in [-0.1, -0.05) is 6.92 Å². The van der Waals surface area contributed by atoms with Gasteiger partial charge in [0, 0.05) is 0 Å². The number of carbonyl (C=O) groups is 1. The number of hydrogen-bond acceptors (Lipinski definition) is 7. The second-order valence-corrected chi connectivity index (χ2v) is 7.13. The van der Waals surface area contributed by atoms with Crippen molar-refractivity contribution in [1.82, 2.24) is 0 Å². The molecule has 0 saturated carbocycles. The van der Waals surface area contributed by atoms with Crippen LogP contribution in [0.15, 0.2) is 0 Å². The number of rotatable bonds is 6. The number of aliphatic hydroxyl groups is 1. The molecule has 9 nitrogen and oxygen atoms in total. The van der Waals surface area contributed by atoms with Crippen LogP contribution in [0.5, 0.6) is 0 Å². The second-order valence-electron chi connectivity index (χ2n) is 3.98. The van der Waals surface area contributed by atoms with Gasteiger partial charge in [0.15, 0.2) is 6.10 Å². The minimum atomic E-state index is -4.30. The molecule has 1 unspecified atom stereocenters. The number of esters is 1. The molecule has 0 amide bonds. The highest BCUT2D eigenvalue weighted by Crippen LogP contribution is 1.97. The van der Waals surface area contributed by atoms with Crippen molar-refractivity contribution in [2.45, 2.75) is 39.4 Å². The molecule has 0 aromatic heterocycles. The first-order valence-electron chi connectivity index (χ1n) is 5.57. The molecule has 0 aromatic carbocycles. The van der Waals surface area contributed by atoms with Gasteiger partial charge in [0.05, 0.1) is 17.6 Å². The van der Waals surface area contributed by atoms with E-state index >= 15 is 0 Å². The molecule has 0 aliphatic rings. The molecule has 0 fully saturated rings. The van der Waals surface area contributed by atoms with Crippen molar-refractivity contribution >= 4 is 26.2 Å². The van der Waals surface area contributed by atoms with Crippen LogP contribution in [0.25, 0.3) is 0 Å². The molecule has 0 saturated heterocycles. The van der Waals surface area contributed by atoms with Crippen molar-refractivity contribution in [2.24, 2.45) is 0 Å². The maximum atomic E-state index is 10.7. The summed E-state index contributed by atoms with van der Waals surface area (Å²) in [5, 5.41) is 8.90. The molecule has 0 rings (SSSR count). The van der Waals surface area contributed by atoms with E-state index in [9.17, 15) is 21.6 Å². The summed E-state index contributed by atoms with van der Waals surface area (Å²) in [7, 11) is -8.59. The van der Waals surface area contributed by atoms with Gasteiger partial charge in [-0.25, -0.2) is 4.79 Å². The molecule has 122 valence electrons. The van der Waals surface area contributed by atoms with Crippen LogP contribution in [0.2, 0.25) is 0 Å². The summed E-state index contributed by atoms with van der Waals surface area (Å²) in [6, 6.07) is 0. The molecule has 0 bridgehead atoms. The van der Waals surface area contributed by atoms with Crippen LogP contribution in [0.3, 0.4) is 0 Å². The Balaban J connectivity index is 0. The van der Waals surface area contributed by atoms with E-state index in [-0.39, 0.29) is 6.10 Å². The van der Waals surface area contributed by atoms with E-state index in [4.69, 9.17) is 18.9 Å². The van der Waals surface area contributed by atoms with Crippen molar-refractivity contribution in [1.29, 1.82) is 0 Å². The first-order chi connectivity index (χ1) is 8.78. The van der Waals surface area contributed by atoms with E-state index in [2.05, 4.69) is 0 Å². The van der Waals surface area contributed by atoms with Gasteiger partial charge in [-0.2, -0.15) is 16.8 Å². The van der Waals surface area contributed by atoms with Gasteiger partial charge in [-0.15, -0.1) is 0 Å². The van der Waals surface area contributed by atoms with Crippen LogP contribution >= 0.6 is 0 Å². The summed E-state index contributed by atoms with van der Waals surface area (Å²) < 4.78 is 60.1. The summed E-state index contributed by atoms with van der Waals surface area (Å²) in [5.41, 5.74) is 0. The standard InChI is InChI=1S/C7H14O3.C2H6O6S2/c1-4-6(8)7(9)10-5(2)3;3-9(4,5)1-2-10(6,7)8/h5-6,8H,4H2,1-3H3;1-2H2,(H,3,4,5)(H,6,7,8). The number of carbonyl (C=O) groups excluding carboxylic acids is 1. The van der Waals surface area contributed by atoms with Crippen LogP contribution in [0, 0.1) is 0 Å². The highest BCUT2D eigenvalue weighted by molar-refractivity contribution is 7.89. The van der Waals surface area contributed by atoms with Gasteiger partial charge in [-0.05, 0) is 20.3 Å². The molecule has 20 heavy (non-hydrogen) atoms. The van der Waals surface area contributed by atoms with E-state index in [1.807, 2.05) is 0 Å². The average molecular weight is 336 g/mol. The maximum absolute atomic E-state index is 10.7. The van der Waals surface area contributed by atoms with Gasteiger partial charge < -0.3 is 9.84 Å². The van der Waals surface area contributed by atoms with Crippen LogP contribution in [0.1, 0.15) is 27.2 Å². The lowest BCUT2D eigenvalue weighted by atomic mass is 10.3. The largest absolute Gasteiger partial charge is 0.461 e. The lowest BCUT2D eigenvalue weighted by Gasteiger charge is -2.10. The normalized spacial score (nSPS) is 13.3. The predicted molar refractivity (Wildman–Crippen MR) is 70.4 cm³/mol. The van der Waals surface area contributed by atoms with Crippen molar-refractivity contribution in [3.05, 3.63) is 0 Å². The minimum absolute atomic E-state index is 0.145. The summed E-state index contributed by atoms with van der Waals surface area (Å²) >= 11 is 0. The Bertz CT molecular complexity index is 446. The van der Waals surface area contributed by atoms with Gasteiger partial charge in [0.2, 0.25) is 0 Å². The molecule has 3 N–H and O–H groups in total. The van der Waals surface area contributed by atoms with Crippen LogP contribution in [-0.4, -0.2) is 60.7 Å². The predicted octanol–water partition coefficient (Wildman–Crippen LogP) is -0.529. The molecule has 1 atom stereocenters. The fourth-order valence-corrected chi connectivity index (χ4v) is 2.37. The summed E-state index contributed by atoms with van der Waals surface area (Å²) in [5.74, 6) is -2.49. The second kappa shape index (κ2) is 9.23. The van der Waals surface area contributed by atoms with Crippen LogP contribution < -0.4 is 0 Å². The highest BCUT2D eigenvalue weighted by Gasteiger charge is 2.14. The van der Waals surface area contributed by atoms with E-state index < -0.39 is 43.8 Å². The molecule has 0 heterocycles. The SMILES string of the molecule is CCC(O)C(=O)OC(C)C.O=S(=O)(O)CCS(=O)(=O)O. The molecule has 0 aliphatic heterocycles. The molecule has 11 heteroatoms. The number of ether oxygens (including phenoxy) is 1. The highest BCUT2D eigenvalue weighted by atomic mass is 32.2. The third-order valence-corrected chi connectivity index (χ3v) is 3.31. The first kappa shape index (κ1) is 21.5. The van der Waals surface area contributed by atoms with Crippen LogP contribution in [0.4, 0.5) is 0 Å². The fourth-order valence-electron chi connectivity index (χ4n) is 0.688. The topological polar surface area (TPSA) is 155 Å². The van der Waals surface area contributed by atoms with E-state index in [1.54, 1.807) is 20.8 Å². The Kier molecular flexibility index (Phi) is 9.95. The lowest BCUT2D eigenvalue weighted by Crippen LogP contribution is -2.24. The Morgan fingerprint density at radius 2 is 1.40 bits per heavy atom. The van der Waals surface area contributed by atoms with Crippen molar-refractivity contribution in [3.8, 4) is 0 Å². The molecule has 0 radical (unpaired) electrons. The van der Waals surface area contributed by atoms with Crippen molar-refractivity contribution in [3.63, 3.8) is 0 Å². The first-order valence-corrected chi connectivity index (χ1v) is 8.79. The molecular weight excluding hydrogens is 316 g/mol. The summed E-state index contributed by atoms with van der Waals surface area (Å²) in [4.78, 5) is 10.7. The van der Waals surface area contributed by atoms with Gasteiger partial charge in [0.25, 0.3) is 20.2 Å². The van der Waals surface area contributed by atoms with Crippen LogP contribution in [-0.2, 0) is 29.8 Å². The maximum Gasteiger partial charge on any atom is 0.335 e.